The summed E-state index contributed by atoms with van der Waals surface area (Å²) in [5.74, 6) is 3.16. The molecule has 0 amide bonds. The average Bonchev–Trinajstić information content (AvgIpc) is 3.70. The molecule has 260 valence electrons. The number of hydrogen-bond acceptors (Lipinski definition) is 6. The van der Waals surface area contributed by atoms with Gasteiger partial charge in [-0.1, -0.05) is 24.3 Å². The molecule has 0 unspecified atom stereocenters. The first kappa shape index (κ1) is 35.7. The normalized spacial score (nSPS) is 15.8. The maximum Gasteiger partial charge on any atom is 0.119 e. The Morgan fingerprint density at radius 1 is 0.625 bits per heavy atom. The molecule has 4 heterocycles. The van der Waals surface area contributed by atoms with Gasteiger partial charge in [-0.05, 0) is 141 Å². The van der Waals surface area contributed by atoms with E-state index in [-0.39, 0.29) is 12.2 Å². The van der Waals surface area contributed by atoms with Crippen molar-refractivity contribution in [2.24, 2.45) is 0 Å². The lowest BCUT2D eigenvalue weighted by Crippen LogP contribution is -2.27. The Labute approximate surface area is 288 Å². The summed E-state index contributed by atoms with van der Waals surface area (Å²) >= 11 is 0. The van der Waals surface area contributed by atoms with E-state index in [9.17, 15) is 0 Å². The highest BCUT2D eigenvalue weighted by Crippen LogP contribution is 2.28. The molecule has 2 aliphatic rings. The molecule has 2 fully saturated rings. The van der Waals surface area contributed by atoms with Crippen molar-refractivity contribution in [3.63, 3.8) is 0 Å². The number of aryl methyl sites for hydroxylation is 2. The van der Waals surface area contributed by atoms with E-state index in [0.29, 0.717) is 11.8 Å². The van der Waals surface area contributed by atoms with E-state index < -0.39 is 0 Å². The Balaban J connectivity index is 0.000000188. The molecule has 0 spiro atoms. The average molecular weight is 655 g/mol. The van der Waals surface area contributed by atoms with Crippen molar-refractivity contribution in [1.29, 1.82) is 0 Å². The van der Waals surface area contributed by atoms with Crippen LogP contribution in [0.2, 0.25) is 0 Å². The zero-order chi connectivity index (χ0) is 33.9. The fraction of sp³-hybridized carbons (Fsp3) is 0.550. The Hall–Kier alpha value is -3.62. The smallest absolute Gasteiger partial charge is 0.119 e. The highest BCUT2D eigenvalue weighted by atomic mass is 16.5. The van der Waals surface area contributed by atoms with Crippen molar-refractivity contribution in [2.45, 2.75) is 117 Å². The molecule has 0 bridgehead atoms. The third-order valence-corrected chi connectivity index (χ3v) is 9.17. The van der Waals surface area contributed by atoms with Crippen LogP contribution in [0.15, 0.2) is 60.7 Å². The van der Waals surface area contributed by atoms with E-state index in [1.54, 1.807) is 0 Å². The van der Waals surface area contributed by atoms with Gasteiger partial charge in [0.2, 0.25) is 0 Å². The van der Waals surface area contributed by atoms with E-state index in [4.69, 9.17) is 19.7 Å². The minimum absolute atomic E-state index is 0.200. The summed E-state index contributed by atoms with van der Waals surface area (Å²) in [5.41, 5.74) is 7.68. The number of benzene rings is 2. The molecule has 4 aromatic rings. The quantitative estimate of drug-likeness (QED) is 0.165. The van der Waals surface area contributed by atoms with Crippen LogP contribution in [0, 0.1) is 0 Å². The summed E-state index contributed by atoms with van der Waals surface area (Å²) in [6, 6.07) is 21.4. The number of hydrogen-bond donors (Lipinski definition) is 2. The number of nitrogens with one attached hydrogen (secondary N) is 2. The van der Waals surface area contributed by atoms with Gasteiger partial charge in [-0.15, -0.1) is 0 Å². The van der Waals surface area contributed by atoms with Gasteiger partial charge in [0.25, 0.3) is 0 Å². The molecular formula is C40H58N6O2. The van der Waals surface area contributed by atoms with E-state index in [2.05, 4.69) is 102 Å². The largest absolute Gasteiger partial charge is 0.491 e. The second-order valence-corrected chi connectivity index (χ2v) is 13.8. The molecule has 2 aromatic heterocycles. The molecule has 2 aliphatic heterocycles. The van der Waals surface area contributed by atoms with Crippen molar-refractivity contribution in [1.82, 2.24) is 30.2 Å². The molecular weight excluding hydrogens is 596 g/mol. The molecule has 0 atom stereocenters. The Morgan fingerprint density at radius 2 is 1.10 bits per heavy atom. The Kier molecular flexibility index (Phi) is 13.1. The monoisotopic (exact) mass is 654 g/mol. The van der Waals surface area contributed by atoms with Crippen molar-refractivity contribution in [2.75, 3.05) is 26.2 Å². The van der Waals surface area contributed by atoms with Gasteiger partial charge in [-0.2, -0.15) is 10.2 Å². The molecule has 48 heavy (non-hydrogen) atoms. The van der Waals surface area contributed by atoms with Gasteiger partial charge < -0.3 is 20.1 Å². The maximum absolute atomic E-state index is 5.81. The highest BCUT2D eigenvalue weighted by molar-refractivity contribution is 5.33. The summed E-state index contributed by atoms with van der Waals surface area (Å²) in [7, 11) is 0. The lowest BCUT2D eigenvalue weighted by atomic mass is 9.94. The fourth-order valence-corrected chi connectivity index (χ4v) is 6.92. The molecule has 6 rings (SSSR count). The van der Waals surface area contributed by atoms with Crippen LogP contribution in [0.25, 0.3) is 0 Å². The van der Waals surface area contributed by atoms with Crippen LogP contribution in [0.5, 0.6) is 11.5 Å². The number of rotatable bonds is 12. The van der Waals surface area contributed by atoms with Gasteiger partial charge in [0, 0.05) is 49.2 Å². The lowest BCUT2D eigenvalue weighted by molar-refractivity contribution is 0.242. The highest BCUT2D eigenvalue weighted by Gasteiger charge is 2.21. The minimum atomic E-state index is 0.200. The first-order valence-corrected chi connectivity index (χ1v) is 18.4. The summed E-state index contributed by atoms with van der Waals surface area (Å²) < 4.78 is 15.9. The predicted molar refractivity (Wildman–Crippen MR) is 196 cm³/mol. The molecule has 2 aromatic carbocycles. The van der Waals surface area contributed by atoms with Crippen LogP contribution in [0.4, 0.5) is 0 Å². The summed E-state index contributed by atoms with van der Waals surface area (Å²) in [6.07, 6.45) is 7.01. The summed E-state index contributed by atoms with van der Waals surface area (Å²) in [4.78, 5) is 0. The first-order valence-electron chi connectivity index (χ1n) is 18.4. The van der Waals surface area contributed by atoms with Crippen LogP contribution in [-0.2, 0) is 25.9 Å². The molecule has 0 saturated carbocycles. The SMILES string of the molecule is CCn1nc(Cc2ccc(OC(C)C)cc2)cc1C1CCNCC1.CCn1nc(Cc2cccc(OC(C)C)c2)cc1C1CCNCC1. The fourth-order valence-electron chi connectivity index (χ4n) is 6.92. The number of ether oxygens (including phenoxy) is 2. The van der Waals surface area contributed by atoms with Crippen molar-refractivity contribution in [3.8, 4) is 11.5 Å². The first-order chi connectivity index (χ1) is 23.3. The molecule has 8 nitrogen and oxygen atoms in total. The van der Waals surface area contributed by atoms with Gasteiger partial charge in [0.1, 0.15) is 11.5 Å². The van der Waals surface area contributed by atoms with Gasteiger partial charge in [0.15, 0.2) is 0 Å². The number of nitrogens with zero attached hydrogens (tertiary/aromatic N) is 4. The van der Waals surface area contributed by atoms with Crippen LogP contribution < -0.4 is 20.1 Å². The number of piperidine rings is 2. The van der Waals surface area contributed by atoms with Gasteiger partial charge in [0.05, 0.1) is 23.6 Å². The van der Waals surface area contributed by atoms with Crippen LogP contribution >= 0.6 is 0 Å². The topological polar surface area (TPSA) is 78.2 Å². The molecule has 8 heteroatoms. The Morgan fingerprint density at radius 3 is 1.58 bits per heavy atom. The van der Waals surface area contributed by atoms with Gasteiger partial charge in [-0.25, -0.2) is 0 Å². The van der Waals surface area contributed by atoms with E-state index in [1.807, 2.05) is 19.9 Å². The Bertz CT molecular complexity index is 1530. The molecule has 0 aliphatic carbocycles. The van der Waals surface area contributed by atoms with Crippen LogP contribution in [-0.4, -0.2) is 57.9 Å². The van der Waals surface area contributed by atoms with E-state index in [0.717, 1.165) is 69.3 Å². The van der Waals surface area contributed by atoms with E-state index >= 15 is 0 Å². The zero-order valence-corrected chi connectivity index (χ0v) is 30.2. The standard InChI is InChI=1S/2C20H29N3O/c1-4-23-20(17-9-11-21-12-10-17)14-18(22-23)13-16-5-7-19(8-6-16)24-15(2)3;1-4-23-20(17-8-10-21-11-9-17)14-18(22-23)12-16-6-5-7-19(13-16)24-15(2)3/h5-8,14-15,17,21H,4,9-13H2,1-3H3;5-7,13-15,17,21H,4,8-12H2,1-3H3. The lowest BCUT2D eigenvalue weighted by Gasteiger charge is -2.23. The summed E-state index contributed by atoms with van der Waals surface area (Å²) in [5, 5.41) is 16.6. The second-order valence-electron chi connectivity index (χ2n) is 13.8. The number of aromatic nitrogens is 4. The van der Waals surface area contributed by atoms with Gasteiger partial charge >= 0.3 is 0 Å². The second kappa shape index (κ2) is 17.7. The van der Waals surface area contributed by atoms with Crippen LogP contribution in [0.1, 0.15) is 113 Å². The van der Waals surface area contributed by atoms with Crippen molar-refractivity contribution < 1.29 is 9.47 Å². The molecule has 2 saturated heterocycles. The molecule has 0 radical (unpaired) electrons. The van der Waals surface area contributed by atoms with Crippen LogP contribution in [0.3, 0.4) is 0 Å². The van der Waals surface area contributed by atoms with Crippen molar-refractivity contribution in [3.05, 3.63) is 94.6 Å². The predicted octanol–water partition coefficient (Wildman–Crippen LogP) is 7.50. The zero-order valence-electron chi connectivity index (χ0n) is 30.2. The van der Waals surface area contributed by atoms with Gasteiger partial charge in [-0.3, -0.25) is 9.36 Å². The third-order valence-electron chi connectivity index (χ3n) is 9.17. The summed E-state index contributed by atoms with van der Waals surface area (Å²) in [6.45, 7) is 18.9. The molecule has 2 N–H and O–H groups in total. The minimum Gasteiger partial charge on any atom is -0.491 e. The van der Waals surface area contributed by atoms with E-state index in [1.165, 1.54) is 53.9 Å². The maximum atomic E-state index is 5.81. The van der Waals surface area contributed by atoms with Crippen molar-refractivity contribution >= 4 is 0 Å². The third kappa shape index (κ3) is 10.2.